The van der Waals surface area contributed by atoms with Crippen LogP contribution in [0.15, 0.2) is 0 Å². The fourth-order valence-corrected chi connectivity index (χ4v) is 0.929. The molecule has 0 amide bonds. The number of carbonyl (C=O) groups is 1. The molecule has 13 heavy (non-hydrogen) atoms. The molecule has 78 valence electrons. The topological polar surface area (TPSA) is 58.6 Å². The maximum Gasteiger partial charge on any atom is 0.319 e. The van der Waals surface area contributed by atoms with E-state index in [1.807, 2.05) is 6.92 Å². The molecule has 4 heteroatoms. The van der Waals surface area contributed by atoms with E-state index in [-0.39, 0.29) is 19.1 Å². The molecule has 4 nitrogen and oxygen atoms in total. The van der Waals surface area contributed by atoms with E-state index in [9.17, 15) is 4.79 Å². The Labute approximate surface area is 79.3 Å². The van der Waals surface area contributed by atoms with Gasteiger partial charge in [-0.25, -0.2) is 0 Å². The summed E-state index contributed by atoms with van der Waals surface area (Å²) in [6, 6.07) is 0. The van der Waals surface area contributed by atoms with Crippen LogP contribution in [0.3, 0.4) is 0 Å². The zero-order valence-corrected chi connectivity index (χ0v) is 8.38. The molecule has 0 heterocycles. The molecule has 0 fully saturated rings. The largest absolute Gasteiger partial charge is 0.468 e. The summed E-state index contributed by atoms with van der Waals surface area (Å²) in [5.74, 6) is 0.107. The van der Waals surface area contributed by atoms with Crippen molar-refractivity contribution in [2.24, 2.45) is 5.92 Å². The fourth-order valence-electron chi connectivity index (χ4n) is 0.929. The third kappa shape index (κ3) is 7.74. The van der Waals surface area contributed by atoms with Gasteiger partial charge < -0.3 is 15.2 Å². The zero-order valence-electron chi connectivity index (χ0n) is 8.38. The smallest absolute Gasteiger partial charge is 0.319 e. The lowest BCUT2D eigenvalue weighted by molar-refractivity contribution is -0.139. The number of carbonyl (C=O) groups excluding carboxylic acids is 1. The Kier molecular flexibility index (Phi) is 7.63. The van der Waals surface area contributed by atoms with Crippen molar-refractivity contribution in [2.45, 2.75) is 19.8 Å². The van der Waals surface area contributed by atoms with E-state index >= 15 is 0 Å². The molecule has 0 spiro atoms. The van der Waals surface area contributed by atoms with Gasteiger partial charge in [0.05, 0.1) is 13.7 Å². The SMILES string of the molecule is COC(=O)CNCCCC(C)CO. The van der Waals surface area contributed by atoms with Crippen molar-refractivity contribution in [2.75, 3.05) is 26.8 Å². The average Bonchev–Trinajstić information content (AvgIpc) is 2.16. The maximum atomic E-state index is 10.6. The Bertz CT molecular complexity index is 139. The van der Waals surface area contributed by atoms with Crippen LogP contribution >= 0.6 is 0 Å². The van der Waals surface area contributed by atoms with E-state index in [1.54, 1.807) is 0 Å². The lowest BCUT2D eigenvalue weighted by Gasteiger charge is -2.07. The van der Waals surface area contributed by atoms with Gasteiger partial charge >= 0.3 is 5.97 Å². The molecule has 1 atom stereocenters. The van der Waals surface area contributed by atoms with Gasteiger partial charge in [0.15, 0.2) is 0 Å². The van der Waals surface area contributed by atoms with Gasteiger partial charge in [0.25, 0.3) is 0 Å². The highest BCUT2D eigenvalue weighted by atomic mass is 16.5. The third-order valence-corrected chi connectivity index (χ3v) is 1.86. The van der Waals surface area contributed by atoms with Crippen LogP contribution in [0.25, 0.3) is 0 Å². The molecule has 0 saturated carbocycles. The zero-order chi connectivity index (χ0) is 10.1. The average molecular weight is 189 g/mol. The summed E-state index contributed by atoms with van der Waals surface area (Å²) in [5.41, 5.74) is 0. The van der Waals surface area contributed by atoms with E-state index < -0.39 is 0 Å². The van der Waals surface area contributed by atoms with Crippen molar-refractivity contribution in [3.8, 4) is 0 Å². The van der Waals surface area contributed by atoms with Gasteiger partial charge in [-0.15, -0.1) is 0 Å². The van der Waals surface area contributed by atoms with Gasteiger partial charge in [-0.2, -0.15) is 0 Å². The first-order valence-electron chi connectivity index (χ1n) is 4.59. The Morgan fingerprint density at radius 1 is 1.62 bits per heavy atom. The molecule has 0 bridgehead atoms. The molecule has 0 radical (unpaired) electrons. The van der Waals surface area contributed by atoms with Crippen LogP contribution in [0.4, 0.5) is 0 Å². The van der Waals surface area contributed by atoms with E-state index in [4.69, 9.17) is 5.11 Å². The summed E-state index contributed by atoms with van der Waals surface area (Å²) in [5, 5.41) is 11.7. The number of nitrogens with one attached hydrogen (secondary N) is 1. The summed E-state index contributed by atoms with van der Waals surface area (Å²) in [6.07, 6.45) is 1.95. The highest BCUT2D eigenvalue weighted by Crippen LogP contribution is 2.02. The molecule has 2 N–H and O–H groups in total. The van der Waals surface area contributed by atoms with E-state index in [0.29, 0.717) is 5.92 Å². The number of aliphatic hydroxyl groups is 1. The molecular formula is C9H19NO3. The van der Waals surface area contributed by atoms with Crippen LogP contribution < -0.4 is 5.32 Å². The van der Waals surface area contributed by atoms with Gasteiger partial charge in [0, 0.05) is 6.61 Å². The van der Waals surface area contributed by atoms with Crippen LogP contribution in [0, 0.1) is 5.92 Å². The first kappa shape index (κ1) is 12.4. The molecule has 0 aliphatic rings. The first-order chi connectivity index (χ1) is 6.20. The second-order valence-corrected chi connectivity index (χ2v) is 3.18. The van der Waals surface area contributed by atoms with Crippen molar-refractivity contribution in [3.63, 3.8) is 0 Å². The maximum absolute atomic E-state index is 10.6. The number of methoxy groups -OCH3 is 1. The molecule has 0 aromatic heterocycles. The van der Waals surface area contributed by atoms with E-state index in [1.165, 1.54) is 7.11 Å². The number of esters is 1. The predicted octanol–water partition coefficient (Wildman–Crippen LogP) is 0.158. The number of aliphatic hydroxyl groups excluding tert-OH is 1. The second-order valence-electron chi connectivity index (χ2n) is 3.18. The molecule has 0 rings (SSSR count). The molecule has 0 aromatic rings. The van der Waals surface area contributed by atoms with Crippen LogP contribution in [0.1, 0.15) is 19.8 Å². The predicted molar refractivity (Wildman–Crippen MR) is 50.4 cm³/mol. The number of ether oxygens (including phenoxy) is 1. The standard InChI is InChI=1S/C9H19NO3/c1-8(7-11)4-3-5-10-6-9(12)13-2/h8,10-11H,3-7H2,1-2H3. The van der Waals surface area contributed by atoms with Gasteiger partial charge in [-0.1, -0.05) is 6.92 Å². The van der Waals surface area contributed by atoms with Gasteiger partial charge in [0.2, 0.25) is 0 Å². The van der Waals surface area contributed by atoms with E-state index in [0.717, 1.165) is 19.4 Å². The van der Waals surface area contributed by atoms with Crippen LogP contribution in [-0.4, -0.2) is 37.9 Å². The summed E-state index contributed by atoms with van der Waals surface area (Å²) < 4.78 is 4.46. The Morgan fingerprint density at radius 2 is 2.31 bits per heavy atom. The Hall–Kier alpha value is -0.610. The monoisotopic (exact) mass is 189 g/mol. The highest BCUT2D eigenvalue weighted by molar-refractivity contribution is 5.71. The first-order valence-corrected chi connectivity index (χ1v) is 4.59. The van der Waals surface area contributed by atoms with Crippen LogP contribution in [-0.2, 0) is 9.53 Å². The van der Waals surface area contributed by atoms with Crippen molar-refractivity contribution in [1.29, 1.82) is 0 Å². The van der Waals surface area contributed by atoms with Crippen LogP contribution in [0.5, 0.6) is 0 Å². The highest BCUT2D eigenvalue weighted by Gasteiger charge is 2.00. The molecule has 0 aromatic carbocycles. The van der Waals surface area contributed by atoms with Crippen molar-refractivity contribution < 1.29 is 14.6 Å². The minimum Gasteiger partial charge on any atom is -0.468 e. The Morgan fingerprint density at radius 3 is 2.85 bits per heavy atom. The van der Waals surface area contributed by atoms with Crippen molar-refractivity contribution in [3.05, 3.63) is 0 Å². The molecule has 1 unspecified atom stereocenters. The number of hydrogen-bond donors (Lipinski definition) is 2. The second kappa shape index (κ2) is 8.01. The van der Waals surface area contributed by atoms with Crippen molar-refractivity contribution in [1.82, 2.24) is 5.32 Å². The van der Waals surface area contributed by atoms with Crippen LogP contribution in [0.2, 0.25) is 0 Å². The quantitative estimate of drug-likeness (QED) is 0.442. The minimum atomic E-state index is -0.241. The number of hydrogen-bond acceptors (Lipinski definition) is 4. The van der Waals surface area contributed by atoms with E-state index in [2.05, 4.69) is 10.1 Å². The summed E-state index contributed by atoms with van der Waals surface area (Å²) in [6.45, 7) is 3.29. The van der Waals surface area contributed by atoms with Gasteiger partial charge in [0.1, 0.15) is 0 Å². The van der Waals surface area contributed by atoms with Crippen molar-refractivity contribution >= 4 is 5.97 Å². The summed E-state index contributed by atoms with van der Waals surface area (Å²) >= 11 is 0. The molecule has 0 saturated heterocycles. The Balaban J connectivity index is 3.12. The minimum absolute atomic E-state index is 0.233. The molecule has 0 aliphatic heterocycles. The van der Waals surface area contributed by atoms with Gasteiger partial charge in [-0.3, -0.25) is 4.79 Å². The molecular weight excluding hydrogens is 170 g/mol. The lowest BCUT2D eigenvalue weighted by Crippen LogP contribution is -2.25. The fraction of sp³-hybridized carbons (Fsp3) is 0.889. The summed E-state index contributed by atoms with van der Waals surface area (Å²) in [7, 11) is 1.37. The van der Waals surface area contributed by atoms with Gasteiger partial charge in [-0.05, 0) is 25.3 Å². The molecule has 0 aliphatic carbocycles. The lowest BCUT2D eigenvalue weighted by atomic mass is 10.1. The third-order valence-electron chi connectivity index (χ3n) is 1.86. The normalized spacial score (nSPS) is 12.5. The summed E-state index contributed by atoms with van der Waals surface area (Å²) in [4.78, 5) is 10.6. The number of rotatable bonds is 7.